The molecule has 3 aliphatic rings. The largest absolute Gasteiger partial charge is 0.461 e. The summed E-state index contributed by atoms with van der Waals surface area (Å²) in [5.41, 5.74) is 4.42. The second kappa shape index (κ2) is 13.0. The predicted octanol–water partition coefficient (Wildman–Crippen LogP) is 4.52. The number of hydrogen-bond acceptors (Lipinski definition) is 7. The number of piperazine rings is 1. The van der Waals surface area contributed by atoms with E-state index in [1.165, 1.54) is 34.2 Å². The molecule has 2 fully saturated rings. The molecular formula is C33H37FN6O3. The average molecular weight is 585 g/mol. The fourth-order valence-corrected chi connectivity index (χ4v) is 6.11. The highest BCUT2D eigenvalue weighted by atomic mass is 19.1. The summed E-state index contributed by atoms with van der Waals surface area (Å²) in [5, 5.41) is 2.46. The van der Waals surface area contributed by atoms with Gasteiger partial charge in [-0.25, -0.2) is 11.0 Å². The Bertz CT molecular complexity index is 1550. The Hall–Kier alpha value is -4.23. The van der Waals surface area contributed by atoms with Crippen molar-refractivity contribution in [1.29, 1.82) is 0 Å². The Labute approximate surface area is 251 Å². The first-order valence-electron chi connectivity index (χ1n) is 15.0. The quantitative estimate of drug-likeness (QED) is 0.197. The fraction of sp³-hybridized carbons (Fsp3) is 0.455. The van der Waals surface area contributed by atoms with E-state index in [-0.39, 0.29) is 18.5 Å². The van der Waals surface area contributed by atoms with E-state index in [9.17, 15) is 9.18 Å². The summed E-state index contributed by atoms with van der Waals surface area (Å²) in [5.74, 6) is 0.537. The maximum absolute atomic E-state index is 12.7. The number of hydrogen-bond donors (Lipinski definition) is 0. The van der Waals surface area contributed by atoms with Crippen LogP contribution in [0.25, 0.3) is 15.6 Å². The number of rotatable bonds is 10. The van der Waals surface area contributed by atoms with Crippen LogP contribution >= 0.6 is 0 Å². The zero-order valence-electron chi connectivity index (χ0n) is 24.5. The first kappa shape index (κ1) is 28.9. The van der Waals surface area contributed by atoms with Gasteiger partial charge in [-0.15, -0.1) is 0 Å². The van der Waals surface area contributed by atoms with Gasteiger partial charge in [0.1, 0.15) is 25.1 Å². The van der Waals surface area contributed by atoms with E-state index in [4.69, 9.17) is 26.0 Å². The van der Waals surface area contributed by atoms with Gasteiger partial charge in [0.05, 0.1) is 24.9 Å². The first-order valence-corrected chi connectivity index (χ1v) is 15.0. The van der Waals surface area contributed by atoms with Crippen molar-refractivity contribution in [2.75, 3.05) is 62.4 Å². The highest BCUT2D eigenvalue weighted by Crippen LogP contribution is 2.36. The molecule has 1 aliphatic carbocycles. The van der Waals surface area contributed by atoms with Gasteiger partial charge in [0.15, 0.2) is 0 Å². The summed E-state index contributed by atoms with van der Waals surface area (Å²) in [6, 6.07) is 12.8. The monoisotopic (exact) mass is 584 g/mol. The molecule has 10 heteroatoms. The minimum Gasteiger partial charge on any atom is -0.461 e. The molecule has 0 N–H and O–H groups in total. The van der Waals surface area contributed by atoms with Gasteiger partial charge < -0.3 is 29.0 Å². The normalized spacial score (nSPS) is 18.6. The van der Waals surface area contributed by atoms with Crippen molar-refractivity contribution in [1.82, 2.24) is 14.9 Å². The third-order valence-corrected chi connectivity index (χ3v) is 8.36. The van der Waals surface area contributed by atoms with Crippen LogP contribution in [0.4, 0.5) is 15.9 Å². The number of aryl methyl sites for hydroxylation is 1. The Morgan fingerprint density at radius 3 is 2.74 bits per heavy atom. The third-order valence-electron chi connectivity index (χ3n) is 8.36. The lowest BCUT2D eigenvalue weighted by molar-refractivity contribution is -0.128. The zero-order valence-corrected chi connectivity index (χ0v) is 24.5. The lowest BCUT2D eigenvalue weighted by Gasteiger charge is -2.41. The minimum absolute atomic E-state index is 0.162. The maximum atomic E-state index is 12.7. The predicted molar refractivity (Wildman–Crippen MR) is 164 cm³/mol. The van der Waals surface area contributed by atoms with Gasteiger partial charge in [0.2, 0.25) is 12.5 Å². The maximum Gasteiger partial charge on any atom is 0.318 e. The Balaban J connectivity index is 1.29. The molecule has 43 heavy (non-hydrogen) atoms. The topological polar surface area (TPSA) is 75.4 Å². The van der Waals surface area contributed by atoms with Gasteiger partial charge in [0, 0.05) is 48.9 Å². The molecule has 6 rings (SSSR count). The molecule has 1 amide bonds. The van der Waals surface area contributed by atoms with Crippen molar-refractivity contribution in [2.24, 2.45) is 0 Å². The minimum atomic E-state index is -0.698. The van der Waals surface area contributed by atoms with Gasteiger partial charge in [-0.1, -0.05) is 30.3 Å². The van der Waals surface area contributed by atoms with E-state index in [0.29, 0.717) is 51.5 Å². The van der Waals surface area contributed by atoms with Crippen LogP contribution in [0.15, 0.2) is 48.6 Å². The van der Waals surface area contributed by atoms with Crippen LogP contribution in [-0.4, -0.2) is 85.5 Å². The summed E-state index contributed by atoms with van der Waals surface area (Å²) in [6.07, 6.45) is 5.78. The van der Waals surface area contributed by atoms with Crippen molar-refractivity contribution >= 4 is 28.2 Å². The Morgan fingerprint density at radius 2 is 1.95 bits per heavy atom. The average Bonchev–Trinajstić information content (AvgIpc) is 3.86. The van der Waals surface area contributed by atoms with Crippen molar-refractivity contribution in [3.8, 4) is 6.01 Å². The van der Waals surface area contributed by atoms with E-state index in [2.05, 4.69) is 58.0 Å². The highest BCUT2D eigenvalue weighted by molar-refractivity contribution is 5.97. The molecule has 0 bridgehead atoms. The van der Waals surface area contributed by atoms with Crippen LogP contribution in [-0.2, 0) is 22.5 Å². The van der Waals surface area contributed by atoms with E-state index < -0.39 is 6.67 Å². The number of alkyl halides is 1. The molecule has 3 heterocycles. The lowest BCUT2D eigenvalue weighted by Crippen LogP contribution is -2.56. The second-order valence-corrected chi connectivity index (χ2v) is 11.3. The van der Waals surface area contributed by atoms with E-state index in [0.717, 1.165) is 42.9 Å². The number of fused-ring (bicyclic) bond motifs is 2. The molecule has 3 aromatic rings. The molecule has 9 nitrogen and oxygen atoms in total. The van der Waals surface area contributed by atoms with Crippen LogP contribution in [0.5, 0.6) is 6.01 Å². The molecule has 0 radical (unpaired) electrons. The van der Waals surface area contributed by atoms with Crippen LogP contribution in [0, 0.1) is 13.5 Å². The second-order valence-electron chi connectivity index (χ2n) is 11.3. The number of allylic oxidation sites excluding steroid dienone is 1. The first-order chi connectivity index (χ1) is 21.1. The molecule has 0 spiro atoms. The van der Waals surface area contributed by atoms with Crippen LogP contribution in [0.1, 0.15) is 29.7 Å². The molecule has 1 atom stereocenters. The molecule has 0 unspecified atom stereocenters. The van der Waals surface area contributed by atoms with Crippen molar-refractivity contribution in [3.05, 3.63) is 76.8 Å². The summed E-state index contributed by atoms with van der Waals surface area (Å²) in [6.45, 7) is 12.8. The van der Waals surface area contributed by atoms with Gasteiger partial charge in [-0.05, 0) is 49.3 Å². The third kappa shape index (κ3) is 6.42. The van der Waals surface area contributed by atoms with Crippen molar-refractivity contribution < 1.29 is 18.7 Å². The summed E-state index contributed by atoms with van der Waals surface area (Å²) in [7, 11) is 0. The van der Waals surface area contributed by atoms with Crippen LogP contribution < -0.4 is 14.5 Å². The number of carbonyl (C=O) groups excluding carboxylic acids is 1. The molecule has 1 saturated carbocycles. The standard InChI is InChI=1S/C33H37FN6O3/c1-23-6-3-7-24-8-4-9-29(31(23)24)38-15-13-27-28(22-38)36-33(43-19-18-42-26-11-12-26)37-32(27)39-16-17-40(25(21-39)20-35-2)30(41)10-5-14-34/h3-10,25-26H,11-22H2,1H3/b10-5+/t25-/m0/s1. The molecular weight excluding hydrogens is 547 g/mol. The number of halogens is 1. The number of aromatic nitrogens is 2. The van der Waals surface area contributed by atoms with Crippen LogP contribution in [0.2, 0.25) is 0 Å². The number of ether oxygens (including phenoxy) is 2. The smallest absolute Gasteiger partial charge is 0.318 e. The zero-order chi connectivity index (χ0) is 29.8. The highest BCUT2D eigenvalue weighted by Gasteiger charge is 2.35. The molecule has 1 saturated heterocycles. The number of anilines is 2. The molecule has 224 valence electrons. The molecule has 2 aliphatic heterocycles. The lowest BCUT2D eigenvalue weighted by atomic mass is 9.99. The summed E-state index contributed by atoms with van der Waals surface area (Å²) >= 11 is 0. The van der Waals surface area contributed by atoms with Gasteiger partial charge in [-0.2, -0.15) is 9.97 Å². The van der Waals surface area contributed by atoms with Gasteiger partial charge >= 0.3 is 6.01 Å². The van der Waals surface area contributed by atoms with E-state index in [1.54, 1.807) is 4.90 Å². The Morgan fingerprint density at radius 1 is 1.12 bits per heavy atom. The van der Waals surface area contributed by atoms with Gasteiger partial charge in [-0.3, -0.25) is 4.79 Å². The SMILES string of the molecule is [C-]#[N+]C[C@H]1CN(c2nc(OCCOC3CC3)nc3c2CCN(c2cccc4cccc(C)c24)C3)CCN1C(=O)/C=C/CF. The van der Waals surface area contributed by atoms with Crippen LogP contribution in [0.3, 0.4) is 0 Å². The van der Waals surface area contributed by atoms with E-state index in [1.807, 2.05) is 0 Å². The number of nitrogens with zero attached hydrogens (tertiary/aromatic N) is 6. The Kier molecular flexibility index (Phi) is 8.70. The summed E-state index contributed by atoms with van der Waals surface area (Å²) < 4.78 is 24.5. The number of amides is 1. The van der Waals surface area contributed by atoms with Crippen molar-refractivity contribution in [2.45, 2.75) is 44.9 Å². The fourth-order valence-electron chi connectivity index (χ4n) is 6.11. The van der Waals surface area contributed by atoms with Gasteiger partial charge in [0.25, 0.3) is 0 Å². The summed E-state index contributed by atoms with van der Waals surface area (Å²) in [4.78, 5) is 32.3. The number of benzene rings is 2. The molecule has 2 aromatic carbocycles. The molecule has 1 aromatic heterocycles. The van der Waals surface area contributed by atoms with E-state index >= 15 is 0 Å². The number of carbonyl (C=O) groups is 1. The van der Waals surface area contributed by atoms with Crippen molar-refractivity contribution in [3.63, 3.8) is 0 Å².